The van der Waals surface area contributed by atoms with Crippen LogP contribution in [0.5, 0.6) is 5.75 Å². The van der Waals surface area contributed by atoms with Crippen LogP contribution in [0.15, 0.2) is 18.2 Å². The first-order chi connectivity index (χ1) is 10.9. The van der Waals surface area contributed by atoms with E-state index in [-0.39, 0.29) is 30.2 Å². The van der Waals surface area contributed by atoms with E-state index < -0.39 is 27.1 Å². The van der Waals surface area contributed by atoms with E-state index in [1.165, 1.54) is 32.0 Å². The fourth-order valence-electron chi connectivity index (χ4n) is 1.70. The van der Waals surface area contributed by atoms with E-state index in [0.717, 1.165) is 6.26 Å². The summed E-state index contributed by atoms with van der Waals surface area (Å²) in [5, 5.41) is 12.0. The van der Waals surface area contributed by atoms with Crippen LogP contribution < -0.4 is 10.1 Å². The Bertz CT molecular complexity index is 729. The van der Waals surface area contributed by atoms with E-state index >= 15 is 0 Å². The number of anilines is 1. The molecule has 0 radical (unpaired) electrons. The van der Waals surface area contributed by atoms with Gasteiger partial charge >= 0.3 is 5.97 Å². The lowest BCUT2D eigenvalue weighted by Crippen LogP contribution is -2.29. The standard InChI is InChI=1S/C15H20ClNO6S/c1-15(2,14(19)20)9-13(18)17-11-8-10(16)4-5-12(11)23-6-7-24(3,21)22/h4-5,8H,6-7,9H2,1-3H3,(H,17,18)(H,19,20). The van der Waals surface area contributed by atoms with Gasteiger partial charge in [-0.3, -0.25) is 9.59 Å². The molecule has 0 unspecified atom stereocenters. The zero-order valence-electron chi connectivity index (χ0n) is 13.6. The maximum Gasteiger partial charge on any atom is 0.309 e. The van der Waals surface area contributed by atoms with Gasteiger partial charge in [0.05, 0.1) is 16.9 Å². The van der Waals surface area contributed by atoms with Crippen LogP contribution in [-0.2, 0) is 19.4 Å². The highest BCUT2D eigenvalue weighted by molar-refractivity contribution is 7.90. The largest absolute Gasteiger partial charge is 0.490 e. The van der Waals surface area contributed by atoms with Gasteiger partial charge in [0, 0.05) is 17.7 Å². The molecule has 0 aliphatic heterocycles. The van der Waals surface area contributed by atoms with Crippen molar-refractivity contribution in [1.82, 2.24) is 0 Å². The molecule has 9 heteroatoms. The summed E-state index contributed by atoms with van der Waals surface area (Å²) in [6.45, 7) is 2.80. The molecule has 1 aromatic carbocycles. The van der Waals surface area contributed by atoms with Crippen LogP contribution in [0.1, 0.15) is 20.3 Å². The Morgan fingerprint density at radius 1 is 1.33 bits per heavy atom. The van der Waals surface area contributed by atoms with Crippen molar-refractivity contribution in [2.45, 2.75) is 20.3 Å². The van der Waals surface area contributed by atoms with Gasteiger partial charge in [-0.2, -0.15) is 0 Å². The van der Waals surface area contributed by atoms with E-state index in [1.54, 1.807) is 0 Å². The first-order valence-electron chi connectivity index (χ1n) is 7.04. The number of aliphatic carboxylic acids is 1. The second-order valence-electron chi connectivity index (χ2n) is 6.03. The number of carboxylic acids is 1. The van der Waals surface area contributed by atoms with E-state index in [0.29, 0.717) is 5.02 Å². The third-order valence-electron chi connectivity index (χ3n) is 3.11. The molecule has 0 aliphatic rings. The molecule has 24 heavy (non-hydrogen) atoms. The van der Waals surface area contributed by atoms with Gasteiger partial charge in [-0.25, -0.2) is 8.42 Å². The van der Waals surface area contributed by atoms with Gasteiger partial charge in [0.1, 0.15) is 12.4 Å². The first kappa shape index (κ1) is 20.2. The Hall–Kier alpha value is -1.80. The lowest BCUT2D eigenvalue weighted by Gasteiger charge is -2.19. The Morgan fingerprint density at radius 3 is 2.50 bits per heavy atom. The molecule has 0 fully saturated rings. The van der Waals surface area contributed by atoms with Crippen molar-refractivity contribution >= 4 is 39.0 Å². The number of sulfone groups is 1. The van der Waals surface area contributed by atoms with Crippen LogP contribution >= 0.6 is 11.6 Å². The maximum atomic E-state index is 12.1. The number of benzene rings is 1. The molecule has 2 N–H and O–H groups in total. The Balaban J connectivity index is 2.84. The minimum atomic E-state index is -3.18. The summed E-state index contributed by atoms with van der Waals surface area (Å²) in [6.07, 6.45) is 0.854. The van der Waals surface area contributed by atoms with Crippen molar-refractivity contribution < 1.29 is 27.9 Å². The molecule has 1 rings (SSSR count). The number of carbonyl (C=O) groups is 2. The molecule has 0 atom stereocenters. The molecule has 0 saturated carbocycles. The van der Waals surface area contributed by atoms with Gasteiger partial charge in [-0.15, -0.1) is 0 Å². The summed E-state index contributed by atoms with van der Waals surface area (Å²) < 4.78 is 27.6. The van der Waals surface area contributed by atoms with Gasteiger partial charge < -0.3 is 15.2 Å². The zero-order valence-corrected chi connectivity index (χ0v) is 15.2. The highest BCUT2D eigenvalue weighted by Crippen LogP contribution is 2.29. The summed E-state index contributed by atoms with van der Waals surface area (Å²) in [4.78, 5) is 23.1. The monoisotopic (exact) mass is 377 g/mol. The molecule has 0 heterocycles. The third kappa shape index (κ3) is 6.76. The number of carboxylic acid groups (broad SMARTS) is 1. The Labute approximate surface area is 145 Å². The Kier molecular flexibility index (Phi) is 6.62. The summed E-state index contributed by atoms with van der Waals surface area (Å²) in [5.41, 5.74) is -0.970. The first-order valence-corrected chi connectivity index (χ1v) is 9.48. The van der Waals surface area contributed by atoms with E-state index in [4.69, 9.17) is 21.4 Å². The number of rotatable bonds is 8. The fourth-order valence-corrected chi connectivity index (χ4v) is 2.26. The molecule has 7 nitrogen and oxygen atoms in total. The number of carbonyl (C=O) groups excluding carboxylic acids is 1. The van der Waals surface area contributed by atoms with E-state index in [1.807, 2.05) is 0 Å². The minimum Gasteiger partial charge on any atom is -0.490 e. The van der Waals surface area contributed by atoms with Gasteiger partial charge in [0.15, 0.2) is 9.84 Å². The molecular formula is C15H20ClNO6S. The average Bonchev–Trinajstić information content (AvgIpc) is 2.39. The number of nitrogens with one attached hydrogen (secondary N) is 1. The highest BCUT2D eigenvalue weighted by Gasteiger charge is 2.30. The highest BCUT2D eigenvalue weighted by atomic mass is 35.5. The second-order valence-corrected chi connectivity index (χ2v) is 8.73. The van der Waals surface area contributed by atoms with E-state index in [2.05, 4.69) is 5.32 Å². The Morgan fingerprint density at radius 2 is 1.96 bits per heavy atom. The second kappa shape index (κ2) is 7.85. The predicted octanol–water partition coefficient (Wildman–Crippen LogP) is 2.20. The summed E-state index contributed by atoms with van der Waals surface area (Å²) in [6, 6.07) is 4.49. The fraction of sp³-hybridized carbons (Fsp3) is 0.467. The number of hydrogen-bond donors (Lipinski definition) is 2. The quantitative estimate of drug-likeness (QED) is 0.718. The number of hydrogen-bond acceptors (Lipinski definition) is 5. The molecule has 0 bridgehead atoms. The van der Waals surface area contributed by atoms with Gasteiger partial charge in [-0.1, -0.05) is 11.6 Å². The summed E-state index contributed by atoms with van der Waals surface area (Å²) in [7, 11) is -3.18. The van der Waals surface area contributed by atoms with Crippen molar-refractivity contribution in [3.05, 3.63) is 23.2 Å². The molecule has 0 aliphatic carbocycles. The van der Waals surface area contributed by atoms with Crippen molar-refractivity contribution in [3.8, 4) is 5.75 Å². The molecule has 1 amide bonds. The SMILES string of the molecule is CC(C)(CC(=O)Nc1cc(Cl)ccc1OCCS(C)(=O)=O)C(=O)O. The number of halogens is 1. The topological polar surface area (TPSA) is 110 Å². The molecule has 1 aromatic rings. The van der Waals surface area contributed by atoms with Crippen LogP contribution in [0.25, 0.3) is 0 Å². The van der Waals surface area contributed by atoms with Crippen LogP contribution in [0.4, 0.5) is 5.69 Å². The summed E-state index contributed by atoms with van der Waals surface area (Å²) >= 11 is 5.89. The van der Waals surface area contributed by atoms with E-state index in [9.17, 15) is 18.0 Å². The zero-order chi connectivity index (χ0) is 18.5. The van der Waals surface area contributed by atoms with Crippen molar-refractivity contribution in [3.63, 3.8) is 0 Å². The van der Waals surface area contributed by atoms with Crippen LogP contribution in [0, 0.1) is 5.41 Å². The van der Waals surface area contributed by atoms with Crippen molar-refractivity contribution in [2.24, 2.45) is 5.41 Å². The maximum absolute atomic E-state index is 12.1. The van der Waals surface area contributed by atoms with Gasteiger partial charge in [0.25, 0.3) is 0 Å². The predicted molar refractivity (Wildman–Crippen MR) is 91.3 cm³/mol. The van der Waals surface area contributed by atoms with Crippen LogP contribution in [-0.4, -0.2) is 44.0 Å². The normalized spacial score (nSPS) is 11.8. The number of ether oxygens (including phenoxy) is 1. The summed E-state index contributed by atoms with van der Waals surface area (Å²) in [5.74, 6) is -1.52. The molecule has 134 valence electrons. The molecule has 0 saturated heterocycles. The van der Waals surface area contributed by atoms with Crippen molar-refractivity contribution in [1.29, 1.82) is 0 Å². The van der Waals surface area contributed by atoms with Gasteiger partial charge in [-0.05, 0) is 32.0 Å². The molecule has 0 aromatic heterocycles. The molecule has 0 spiro atoms. The third-order valence-corrected chi connectivity index (χ3v) is 4.25. The average molecular weight is 378 g/mol. The smallest absolute Gasteiger partial charge is 0.309 e. The minimum absolute atomic E-state index is 0.0794. The molecular weight excluding hydrogens is 358 g/mol. The number of amides is 1. The van der Waals surface area contributed by atoms with Gasteiger partial charge in [0.2, 0.25) is 5.91 Å². The van der Waals surface area contributed by atoms with Crippen LogP contribution in [0.3, 0.4) is 0 Å². The lowest BCUT2D eigenvalue weighted by molar-refractivity contribution is -0.148. The lowest BCUT2D eigenvalue weighted by atomic mass is 9.89. The van der Waals surface area contributed by atoms with Crippen LogP contribution in [0.2, 0.25) is 5.02 Å². The van der Waals surface area contributed by atoms with Crippen molar-refractivity contribution in [2.75, 3.05) is 23.9 Å².